The van der Waals surface area contributed by atoms with Gasteiger partial charge in [-0.05, 0) is 25.5 Å². The number of carbonyl (C=O) groups is 2. The maximum atomic E-state index is 13.0. The van der Waals surface area contributed by atoms with Gasteiger partial charge in [-0.3, -0.25) is 9.48 Å². The number of hydrogen-bond acceptors (Lipinski definition) is 7. The van der Waals surface area contributed by atoms with Crippen molar-refractivity contribution in [2.24, 2.45) is 5.92 Å². The van der Waals surface area contributed by atoms with E-state index >= 15 is 0 Å². The van der Waals surface area contributed by atoms with Gasteiger partial charge in [-0.2, -0.15) is 0 Å². The molecule has 1 aliphatic heterocycles. The van der Waals surface area contributed by atoms with E-state index in [0.717, 1.165) is 0 Å². The highest BCUT2D eigenvalue weighted by Gasteiger charge is 2.29. The highest BCUT2D eigenvalue weighted by atomic mass is 16.5. The highest BCUT2D eigenvalue weighted by molar-refractivity contribution is 5.90. The summed E-state index contributed by atoms with van der Waals surface area (Å²) in [7, 11) is 3.24. The largest absolute Gasteiger partial charge is 0.495 e. The molecular weight excluding hydrogens is 452 g/mol. The van der Waals surface area contributed by atoms with E-state index in [-0.39, 0.29) is 43.7 Å². The molecule has 11 heteroatoms. The molecule has 1 aromatic carbocycles. The molecule has 35 heavy (non-hydrogen) atoms. The second-order valence-corrected chi connectivity index (χ2v) is 8.99. The molecule has 1 aliphatic rings. The molecule has 11 nitrogen and oxygen atoms in total. The number of urea groups is 1. The first-order valence-corrected chi connectivity index (χ1v) is 11.9. The van der Waals surface area contributed by atoms with Gasteiger partial charge in [-0.25, -0.2) is 4.79 Å². The number of likely N-dealkylation sites (N-methyl/N-ethyl adjacent to an activating group) is 1. The van der Waals surface area contributed by atoms with E-state index in [2.05, 4.69) is 15.6 Å². The quantitative estimate of drug-likeness (QED) is 0.637. The van der Waals surface area contributed by atoms with Crippen molar-refractivity contribution in [3.8, 4) is 5.75 Å². The number of fused-ring (bicyclic) bond motifs is 2. The van der Waals surface area contributed by atoms with Gasteiger partial charge < -0.3 is 29.7 Å². The summed E-state index contributed by atoms with van der Waals surface area (Å²) >= 11 is 0. The van der Waals surface area contributed by atoms with Crippen molar-refractivity contribution in [3.63, 3.8) is 0 Å². The Hall–Kier alpha value is -3.18. The van der Waals surface area contributed by atoms with Gasteiger partial charge in [0.05, 0.1) is 44.4 Å². The van der Waals surface area contributed by atoms with E-state index in [1.54, 1.807) is 40.8 Å². The second-order valence-electron chi connectivity index (χ2n) is 8.99. The Labute approximate surface area is 206 Å². The van der Waals surface area contributed by atoms with Crippen LogP contribution in [0.5, 0.6) is 5.75 Å². The van der Waals surface area contributed by atoms with Crippen LogP contribution in [0.4, 0.5) is 10.5 Å². The fraction of sp³-hybridized carbons (Fsp3) is 0.583. The van der Waals surface area contributed by atoms with Gasteiger partial charge >= 0.3 is 6.03 Å². The lowest BCUT2D eigenvalue weighted by Crippen LogP contribution is -2.48. The van der Waals surface area contributed by atoms with E-state index < -0.39 is 6.10 Å². The van der Waals surface area contributed by atoms with Crippen molar-refractivity contribution in [1.29, 1.82) is 0 Å². The number of amides is 3. The number of aliphatic hydroxyl groups is 1. The molecule has 3 atom stereocenters. The van der Waals surface area contributed by atoms with Crippen LogP contribution in [0, 0.1) is 5.92 Å². The number of anilines is 1. The summed E-state index contributed by atoms with van der Waals surface area (Å²) in [5, 5.41) is 20.9. The zero-order valence-electron chi connectivity index (χ0n) is 20.9. The van der Waals surface area contributed by atoms with E-state index in [0.29, 0.717) is 43.1 Å². The number of nitrogens with zero attached hydrogens (tertiary/aromatic N) is 5. The SMILES string of the molecule is COc1ccccc1NC(=O)N(C)C[C@@H]1OCc2cn(nn2)CCCC(=O)N([C@@H](C)CO)C[C@@H]1C. The Morgan fingerprint density at radius 2 is 2.17 bits per heavy atom. The molecule has 3 amide bonds. The molecule has 192 valence electrons. The summed E-state index contributed by atoms with van der Waals surface area (Å²) in [6.07, 6.45) is 2.39. The third-order valence-corrected chi connectivity index (χ3v) is 6.19. The van der Waals surface area contributed by atoms with Crippen molar-refractivity contribution in [3.05, 3.63) is 36.2 Å². The molecule has 0 saturated carbocycles. The van der Waals surface area contributed by atoms with Crippen molar-refractivity contribution in [1.82, 2.24) is 24.8 Å². The number of methoxy groups -OCH3 is 1. The van der Waals surface area contributed by atoms with E-state index in [9.17, 15) is 14.7 Å². The molecular formula is C24H36N6O5. The van der Waals surface area contributed by atoms with Crippen molar-refractivity contribution in [2.45, 2.75) is 52.0 Å². The van der Waals surface area contributed by atoms with Gasteiger partial charge in [-0.15, -0.1) is 5.10 Å². The Kier molecular flexibility index (Phi) is 9.44. The minimum atomic E-state index is -0.393. The van der Waals surface area contributed by atoms with Crippen LogP contribution in [0.3, 0.4) is 0 Å². The molecule has 0 fully saturated rings. The number of carbonyl (C=O) groups excluding carboxylic acids is 2. The Morgan fingerprint density at radius 1 is 1.40 bits per heavy atom. The Balaban J connectivity index is 1.76. The molecule has 0 radical (unpaired) electrons. The summed E-state index contributed by atoms with van der Waals surface area (Å²) in [5.41, 5.74) is 1.26. The molecule has 1 aromatic heterocycles. The second kappa shape index (κ2) is 12.5. The van der Waals surface area contributed by atoms with Crippen LogP contribution in [0.15, 0.2) is 30.5 Å². The summed E-state index contributed by atoms with van der Waals surface area (Å²) in [5.74, 6) is 0.417. The molecule has 0 saturated heterocycles. The normalized spacial score (nSPS) is 20.3. The predicted molar refractivity (Wildman–Crippen MR) is 130 cm³/mol. The smallest absolute Gasteiger partial charge is 0.321 e. The molecule has 2 heterocycles. The zero-order chi connectivity index (χ0) is 25.4. The van der Waals surface area contributed by atoms with Crippen LogP contribution >= 0.6 is 0 Å². The summed E-state index contributed by atoms with van der Waals surface area (Å²) < 4.78 is 13.2. The van der Waals surface area contributed by atoms with Crippen LogP contribution in [0.25, 0.3) is 0 Å². The fourth-order valence-corrected chi connectivity index (χ4v) is 4.00. The monoisotopic (exact) mass is 488 g/mol. The van der Waals surface area contributed by atoms with Gasteiger partial charge in [0.1, 0.15) is 11.4 Å². The number of nitrogens with one attached hydrogen (secondary N) is 1. The van der Waals surface area contributed by atoms with Gasteiger partial charge in [0, 0.05) is 39.0 Å². The van der Waals surface area contributed by atoms with Crippen molar-refractivity contribution >= 4 is 17.6 Å². The molecule has 2 aromatic rings. The Morgan fingerprint density at radius 3 is 2.91 bits per heavy atom. The lowest BCUT2D eigenvalue weighted by molar-refractivity contribution is -0.136. The fourth-order valence-electron chi connectivity index (χ4n) is 4.00. The third kappa shape index (κ3) is 7.15. The molecule has 0 unspecified atom stereocenters. The number of aliphatic hydroxyl groups excluding tert-OH is 1. The van der Waals surface area contributed by atoms with Crippen LogP contribution < -0.4 is 10.1 Å². The zero-order valence-corrected chi connectivity index (χ0v) is 20.9. The number of benzene rings is 1. The minimum Gasteiger partial charge on any atom is -0.495 e. The van der Waals surface area contributed by atoms with Gasteiger partial charge in [0.25, 0.3) is 0 Å². The summed E-state index contributed by atoms with van der Waals surface area (Å²) in [6, 6.07) is 6.57. The molecule has 3 rings (SSSR count). The van der Waals surface area contributed by atoms with Crippen LogP contribution in [-0.4, -0.2) is 87.8 Å². The summed E-state index contributed by atoms with van der Waals surface area (Å²) in [4.78, 5) is 29.2. The van der Waals surface area contributed by atoms with E-state index in [4.69, 9.17) is 9.47 Å². The number of para-hydroxylation sites is 2. The average molecular weight is 489 g/mol. The lowest BCUT2D eigenvalue weighted by atomic mass is 10.0. The maximum absolute atomic E-state index is 13.0. The molecule has 0 spiro atoms. The third-order valence-electron chi connectivity index (χ3n) is 6.19. The number of hydrogen-bond donors (Lipinski definition) is 2. The topological polar surface area (TPSA) is 122 Å². The number of ether oxygens (including phenoxy) is 2. The van der Waals surface area contributed by atoms with Crippen molar-refractivity contribution < 1.29 is 24.2 Å². The maximum Gasteiger partial charge on any atom is 0.321 e. The molecule has 2 bridgehead atoms. The van der Waals surface area contributed by atoms with Gasteiger partial charge in [0.15, 0.2) is 0 Å². The number of aromatic nitrogens is 3. The van der Waals surface area contributed by atoms with Crippen LogP contribution in [0.2, 0.25) is 0 Å². The number of rotatable bonds is 6. The lowest BCUT2D eigenvalue weighted by Gasteiger charge is -2.35. The summed E-state index contributed by atoms with van der Waals surface area (Å²) in [6.45, 7) is 5.18. The standard InChI is InChI=1S/C24H36N6O5/c1-17-12-30(18(2)15-31)23(32)10-7-11-29-13-19(26-27-29)16-35-22(17)14-28(3)24(33)25-20-8-5-6-9-21(20)34-4/h5-6,8-9,13,17-18,22,31H,7,10-12,14-16H2,1-4H3,(H,25,33)/t17-,18-,22-/m0/s1. The Bertz CT molecular complexity index is 983. The average Bonchev–Trinajstić information content (AvgIpc) is 3.31. The first kappa shape index (κ1) is 26.4. The van der Waals surface area contributed by atoms with Crippen LogP contribution in [-0.2, 0) is 22.7 Å². The highest BCUT2D eigenvalue weighted by Crippen LogP contribution is 2.24. The van der Waals surface area contributed by atoms with Gasteiger partial charge in [-0.1, -0.05) is 24.3 Å². The molecule has 2 N–H and O–H groups in total. The van der Waals surface area contributed by atoms with Gasteiger partial charge in [0.2, 0.25) is 5.91 Å². The van der Waals surface area contributed by atoms with E-state index in [1.807, 2.05) is 32.2 Å². The first-order chi connectivity index (χ1) is 16.8. The minimum absolute atomic E-state index is 0.0287. The van der Waals surface area contributed by atoms with Crippen LogP contribution in [0.1, 0.15) is 32.4 Å². The predicted octanol–water partition coefficient (Wildman–Crippen LogP) is 1.98. The first-order valence-electron chi connectivity index (χ1n) is 11.9. The number of aryl methyl sites for hydroxylation is 1. The van der Waals surface area contributed by atoms with Crippen molar-refractivity contribution in [2.75, 3.05) is 39.2 Å². The molecule has 0 aliphatic carbocycles. The van der Waals surface area contributed by atoms with E-state index in [1.165, 1.54) is 0 Å².